The zero-order chi connectivity index (χ0) is 18.7. The standard InChI is InChI=1S/C18H26N2O5S/c1-24-11-13-3-5-14(6-4-13)18(21)20-8-7-15-12-25-17(16(15)10-20)9-19-26(2,22)23/h3-6,15-17,19H,7-12H2,1-2H3/t15-,16-,17+/m0/s1. The van der Waals surface area contributed by atoms with E-state index in [0.29, 0.717) is 37.8 Å². The van der Waals surface area contributed by atoms with Crippen molar-refractivity contribution < 1.29 is 22.7 Å². The van der Waals surface area contributed by atoms with Gasteiger partial charge in [-0.05, 0) is 30.0 Å². The van der Waals surface area contributed by atoms with Crippen molar-refractivity contribution in [2.75, 3.05) is 39.6 Å². The topological polar surface area (TPSA) is 84.9 Å². The predicted octanol–water partition coefficient (Wildman–Crippen LogP) is 0.859. The Labute approximate surface area is 154 Å². The molecule has 2 fully saturated rings. The number of piperidine rings is 1. The van der Waals surface area contributed by atoms with Crippen molar-refractivity contribution in [2.24, 2.45) is 11.8 Å². The molecule has 3 rings (SSSR count). The fourth-order valence-electron chi connectivity index (χ4n) is 3.75. The number of methoxy groups -OCH3 is 1. The van der Waals surface area contributed by atoms with Crippen LogP contribution >= 0.6 is 0 Å². The summed E-state index contributed by atoms with van der Waals surface area (Å²) in [6.07, 6.45) is 1.84. The van der Waals surface area contributed by atoms with Gasteiger partial charge in [0.1, 0.15) is 0 Å². The Hall–Kier alpha value is -1.48. The molecule has 3 atom stereocenters. The van der Waals surface area contributed by atoms with Crippen molar-refractivity contribution in [3.05, 3.63) is 35.4 Å². The van der Waals surface area contributed by atoms with Gasteiger partial charge in [-0.3, -0.25) is 4.79 Å². The summed E-state index contributed by atoms with van der Waals surface area (Å²) < 4.78 is 36.1. The number of carbonyl (C=O) groups is 1. The molecule has 1 aromatic rings. The van der Waals surface area contributed by atoms with Gasteiger partial charge in [0.2, 0.25) is 10.0 Å². The summed E-state index contributed by atoms with van der Waals surface area (Å²) in [6.45, 7) is 2.71. The van der Waals surface area contributed by atoms with Crippen LogP contribution in [0.2, 0.25) is 0 Å². The molecule has 0 saturated carbocycles. The molecule has 0 aromatic heterocycles. The molecule has 0 aliphatic carbocycles. The SMILES string of the molecule is COCc1ccc(C(=O)N2CC[C@H]3CO[C@H](CNS(C)(=O)=O)[C@H]3C2)cc1. The van der Waals surface area contributed by atoms with E-state index < -0.39 is 10.0 Å². The number of amides is 1. The molecule has 0 spiro atoms. The fraction of sp³-hybridized carbons (Fsp3) is 0.611. The van der Waals surface area contributed by atoms with Crippen molar-refractivity contribution >= 4 is 15.9 Å². The fourth-order valence-corrected chi connectivity index (χ4v) is 4.22. The van der Waals surface area contributed by atoms with Gasteiger partial charge in [0.25, 0.3) is 5.91 Å². The minimum Gasteiger partial charge on any atom is -0.380 e. The molecule has 2 aliphatic heterocycles. The normalized spacial score (nSPS) is 25.9. The van der Waals surface area contributed by atoms with Crippen LogP contribution in [0.15, 0.2) is 24.3 Å². The van der Waals surface area contributed by atoms with Crippen LogP contribution < -0.4 is 4.72 Å². The number of carbonyl (C=O) groups excluding carboxylic acids is 1. The first kappa shape index (κ1) is 19.3. The first-order valence-corrected chi connectivity index (χ1v) is 10.7. The van der Waals surface area contributed by atoms with Crippen molar-refractivity contribution in [1.29, 1.82) is 0 Å². The number of nitrogens with one attached hydrogen (secondary N) is 1. The lowest BCUT2D eigenvalue weighted by Crippen LogP contribution is -2.47. The van der Waals surface area contributed by atoms with Crippen molar-refractivity contribution in [3.8, 4) is 0 Å². The van der Waals surface area contributed by atoms with E-state index in [1.807, 2.05) is 29.2 Å². The molecule has 1 amide bonds. The van der Waals surface area contributed by atoms with Gasteiger partial charge < -0.3 is 14.4 Å². The molecule has 0 bridgehead atoms. The lowest BCUT2D eigenvalue weighted by Gasteiger charge is -2.36. The average Bonchev–Trinajstić information content (AvgIpc) is 3.02. The van der Waals surface area contributed by atoms with E-state index in [2.05, 4.69) is 4.72 Å². The molecular weight excluding hydrogens is 356 g/mol. The second kappa shape index (κ2) is 8.04. The number of likely N-dealkylation sites (tertiary alicyclic amines) is 1. The number of nitrogens with zero attached hydrogens (tertiary/aromatic N) is 1. The Morgan fingerprint density at radius 2 is 2.08 bits per heavy atom. The number of fused-ring (bicyclic) bond motifs is 1. The van der Waals surface area contributed by atoms with Gasteiger partial charge in [0.05, 0.1) is 25.6 Å². The monoisotopic (exact) mass is 382 g/mol. The summed E-state index contributed by atoms with van der Waals surface area (Å²) in [5.41, 5.74) is 1.69. The van der Waals surface area contributed by atoms with Crippen LogP contribution in [0.3, 0.4) is 0 Å². The van der Waals surface area contributed by atoms with E-state index in [0.717, 1.165) is 18.2 Å². The smallest absolute Gasteiger partial charge is 0.253 e. The quantitative estimate of drug-likeness (QED) is 0.789. The van der Waals surface area contributed by atoms with E-state index in [4.69, 9.17) is 9.47 Å². The Morgan fingerprint density at radius 1 is 1.35 bits per heavy atom. The molecule has 8 heteroatoms. The minimum absolute atomic E-state index is 0.00846. The van der Waals surface area contributed by atoms with Crippen LogP contribution in [0.1, 0.15) is 22.3 Å². The van der Waals surface area contributed by atoms with Crippen LogP contribution in [-0.4, -0.2) is 64.9 Å². The zero-order valence-electron chi connectivity index (χ0n) is 15.2. The minimum atomic E-state index is -3.25. The van der Waals surface area contributed by atoms with E-state index >= 15 is 0 Å². The number of hydrogen-bond donors (Lipinski definition) is 1. The average molecular weight is 382 g/mol. The lowest BCUT2D eigenvalue weighted by molar-refractivity contribution is 0.0563. The van der Waals surface area contributed by atoms with E-state index in [9.17, 15) is 13.2 Å². The molecule has 0 unspecified atom stereocenters. The first-order valence-electron chi connectivity index (χ1n) is 8.81. The molecule has 2 aliphatic rings. The third-order valence-corrected chi connectivity index (χ3v) is 5.85. The summed E-state index contributed by atoms with van der Waals surface area (Å²) in [6, 6.07) is 7.47. The summed E-state index contributed by atoms with van der Waals surface area (Å²) >= 11 is 0. The molecule has 26 heavy (non-hydrogen) atoms. The highest BCUT2D eigenvalue weighted by atomic mass is 32.2. The zero-order valence-corrected chi connectivity index (χ0v) is 16.0. The highest BCUT2D eigenvalue weighted by Gasteiger charge is 2.42. The Kier molecular flexibility index (Phi) is 5.96. The largest absolute Gasteiger partial charge is 0.380 e. The van der Waals surface area contributed by atoms with Gasteiger partial charge in [0.15, 0.2) is 0 Å². The number of hydrogen-bond acceptors (Lipinski definition) is 5. The van der Waals surface area contributed by atoms with Gasteiger partial charge in [-0.2, -0.15) is 0 Å². The summed E-state index contributed by atoms with van der Waals surface area (Å²) in [5.74, 6) is 0.554. The predicted molar refractivity (Wildman–Crippen MR) is 97.2 cm³/mol. The molecule has 7 nitrogen and oxygen atoms in total. The number of rotatable bonds is 6. The molecule has 144 valence electrons. The first-order chi connectivity index (χ1) is 12.4. The molecule has 1 N–H and O–H groups in total. The number of sulfonamides is 1. The van der Waals surface area contributed by atoms with Crippen LogP contribution in [0.25, 0.3) is 0 Å². The van der Waals surface area contributed by atoms with Crippen LogP contribution in [0.5, 0.6) is 0 Å². The maximum absolute atomic E-state index is 12.8. The van der Waals surface area contributed by atoms with Crippen LogP contribution in [0, 0.1) is 11.8 Å². The van der Waals surface area contributed by atoms with E-state index in [1.54, 1.807) is 7.11 Å². The van der Waals surface area contributed by atoms with Gasteiger partial charge in [-0.1, -0.05) is 12.1 Å². The van der Waals surface area contributed by atoms with Crippen molar-refractivity contribution in [2.45, 2.75) is 19.1 Å². The summed E-state index contributed by atoms with van der Waals surface area (Å²) in [5, 5.41) is 0. The third kappa shape index (κ3) is 4.62. The number of ether oxygens (including phenoxy) is 2. The highest BCUT2D eigenvalue weighted by molar-refractivity contribution is 7.88. The Balaban J connectivity index is 1.63. The molecule has 1 aromatic carbocycles. The second-order valence-electron chi connectivity index (χ2n) is 7.09. The Bertz CT molecular complexity index is 734. The van der Waals surface area contributed by atoms with Crippen LogP contribution in [-0.2, 0) is 26.1 Å². The van der Waals surface area contributed by atoms with Gasteiger partial charge in [0, 0.05) is 38.2 Å². The van der Waals surface area contributed by atoms with Crippen molar-refractivity contribution in [3.63, 3.8) is 0 Å². The third-order valence-electron chi connectivity index (χ3n) is 5.15. The second-order valence-corrected chi connectivity index (χ2v) is 8.92. The lowest BCUT2D eigenvalue weighted by atomic mass is 9.84. The summed E-state index contributed by atoms with van der Waals surface area (Å²) in [7, 11) is -1.61. The Morgan fingerprint density at radius 3 is 2.73 bits per heavy atom. The maximum Gasteiger partial charge on any atom is 0.253 e. The van der Waals surface area contributed by atoms with E-state index in [1.165, 1.54) is 0 Å². The van der Waals surface area contributed by atoms with Gasteiger partial charge in [-0.25, -0.2) is 13.1 Å². The number of benzene rings is 1. The maximum atomic E-state index is 12.8. The van der Waals surface area contributed by atoms with Gasteiger partial charge >= 0.3 is 0 Å². The molecular formula is C18H26N2O5S. The van der Waals surface area contributed by atoms with Crippen LogP contribution in [0.4, 0.5) is 0 Å². The highest BCUT2D eigenvalue weighted by Crippen LogP contribution is 2.34. The van der Waals surface area contributed by atoms with E-state index in [-0.39, 0.29) is 24.5 Å². The summed E-state index contributed by atoms with van der Waals surface area (Å²) in [4.78, 5) is 14.7. The van der Waals surface area contributed by atoms with Gasteiger partial charge in [-0.15, -0.1) is 0 Å². The molecule has 2 heterocycles. The molecule has 0 radical (unpaired) electrons. The van der Waals surface area contributed by atoms with Crippen molar-refractivity contribution in [1.82, 2.24) is 9.62 Å². The molecule has 2 saturated heterocycles.